The lowest BCUT2D eigenvalue weighted by Gasteiger charge is -2.51. The Labute approximate surface area is 222 Å². The number of ether oxygens (including phenoxy) is 1. The molecule has 2 aliphatic carbocycles. The van der Waals surface area contributed by atoms with Crippen molar-refractivity contribution in [3.05, 3.63) is 64.2 Å². The van der Waals surface area contributed by atoms with Gasteiger partial charge < -0.3 is 15.2 Å². The molecular formula is C29H31F6NO3. The molecule has 0 bridgehead atoms. The molecule has 4 nitrogen and oxygen atoms in total. The van der Waals surface area contributed by atoms with Gasteiger partial charge in [0.2, 0.25) is 0 Å². The van der Waals surface area contributed by atoms with Crippen molar-refractivity contribution < 1.29 is 41.0 Å². The topological polar surface area (TPSA) is 58.6 Å². The highest BCUT2D eigenvalue weighted by Crippen LogP contribution is 2.50. The van der Waals surface area contributed by atoms with Gasteiger partial charge in [-0.1, -0.05) is 19.1 Å². The van der Waals surface area contributed by atoms with Crippen LogP contribution < -0.4 is 10.1 Å². The Morgan fingerprint density at radius 1 is 1.03 bits per heavy atom. The van der Waals surface area contributed by atoms with E-state index >= 15 is 0 Å². The van der Waals surface area contributed by atoms with Crippen molar-refractivity contribution >= 4 is 5.97 Å². The standard InChI is InChI=1S/C29H31F6NO3/c1-15(26(37)38)25(18-4-5-18)19-6-3-17-9-10-27(39-24(17)11-19)13-21(14-27)36-16(2)22-12-20(28(30,31)32)7-8-23(22)29(33,34)35/h3,6-8,11-12,15-16,18,21,25,36H,4-5,9-10,13-14H2,1-2H3,(H,37,38)/t15-,16-,21?,25?,27?/m0/s1. The van der Waals surface area contributed by atoms with Crippen LogP contribution in [0.5, 0.6) is 5.75 Å². The molecule has 3 aliphatic rings. The molecule has 0 amide bonds. The van der Waals surface area contributed by atoms with Crippen molar-refractivity contribution in [3.63, 3.8) is 0 Å². The van der Waals surface area contributed by atoms with Crippen molar-refractivity contribution in [1.29, 1.82) is 0 Å². The third-order valence-corrected chi connectivity index (χ3v) is 8.58. The molecule has 2 N–H and O–H groups in total. The molecule has 1 heterocycles. The molecule has 0 radical (unpaired) electrons. The van der Waals surface area contributed by atoms with Crippen LogP contribution in [0, 0.1) is 11.8 Å². The van der Waals surface area contributed by atoms with Crippen LogP contribution in [0.15, 0.2) is 36.4 Å². The Morgan fingerprint density at radius 2 is 1.72 bits per heavy atom. The molecule has 5 rings (SSSR count). The zero-order valence-electron chi connectivity index (χ0n) is 21.6. The lowest BCUT2D eigenvalue weighted by atomic mass is 9.70. The average Bonchev–Trinajstić information content (AvgIpc) is 3.66. The first-order valence-corrected chi connectivity index (χ1v) is 13.3. The summed E-state index contributed by atoms with van der Waals surface area (Å²) in [6, 6.07) is 6.30. The number of hydrogen-bond donors (Lipinski definition) is 2. The van der Waals surface area contributed by atoms with Crippen molar-refractivity contribution in [2.75, 3.05) is 0 Å². The van der Waals surface area contributed by atoms with E-state index in [1.807, 2.05) is 18.2 Å². The van der Waals surface area contributed by atoms with Gasteiger partial charge in [-0.2, -0.15) is 26.3 Å². The number of fused-ring (bicyclic) bond motifs is 1. The van der Waals surface area contributed by atoms with Gasteiger partial charge in [-0.25, -0.2) is 0 Å². The van der Waals surface area contributed by atoms with Crippen LogP contribution in [-0.2, 0) is 23.6 Å². The number of rotatable bonds is 7. The summed E-state index contributed by atoms with van der Waals surface area (Å²) in [5, 5.41) is 12.7. The molecule has 0 saturated heterocycles. The van der Waals surface area contributed by atoms with E-state index in [1.54, 1.807) is 6.92 Å². The second-order valence-corrected chi connectivity index (χ2v) is 11.4. The highest BCUT2D eigenvalue weighted by molar-refractivity contribution is 5.71. The molecule has 1 unspecified atom stereocenters. The molecule has 2 aromatic carbocycles. The highest BCUT2D eigenvalue weighted by atomic mass is 19.4. The number of nitrogens with one attached hydrogen (secondary N) is 1. The second kappa shape index (κ2) is 9.71. The summed E-state index contributed by atoms with van der Waals surface area (Å²) in [7, 11) is 0. The molecule has 3 atom stereocenters. The van der Waals surface area contributed by atoms with Crippen LogP contribution in [0.4, 0.5) is 26.3 Å². The zero-order chi connectivity index (χ0) is 28.3. The predicted molar refractivity (Wildman–Crippen MR) is 131 cm³/mol. The maximum Gasteiger partial charge on any atom is 0.416 e. The van der Waals surface area contributed by atoms with Crippen molar-refractivity contribution in [2.24, 2.45) is 11.8 Å². The first-order chi connectivity index (χ1) is 18.2. The largest absolute Gasteiger partial charge is 0.487 e. The minimum Gasteiger partial charge on any atom is -0.487 e. The molecule has 1 aliphatic heterocycles. The van der Waals surface area contributed by atoms with E-state index in [0.717, 1.165) is 36.8 Å². The summed E-state index contributed by atoms with van der Waals surface area (Å²) >= 11 is 0. The molecule has 2 fully saturated rings. The predicted octanol–water partition coefficient (Wildman–Crippen LogP) is 7.52. The van der Waals surface area contributed by atoms with Gasteiger partial charge >= 0.3 is 18.3 Å². The van der Waals surface area contributed by atoms with E-state index in [1.165, 1.54) is 6.92 Å². The summed E-state index contributed by atoms with van der Waals surface area (Å²) in [5.41, 5.74) is -1.16. The number of aryl methyl sites for hydroxylation is 1. The van der Waals surface area contributed by atoms with Crippen molar-refractivity contribution in [2.45, 2.75) is 88.3 Å². The zero-order valence-corrected chi connectivity index (χ0v) is 21.6. The Balaban J connectivity index is 1.29. The number of aliphatic carboxylic acids is 1. The van der Waals surface area contributed by atoms with Gasteiger partial charge in [0.25, 0.3) is 0 Å². The van der Waals surface area contributed by atoms with Crippen LogP contribution >= 0.6 is 0 Å². The van der Waals surface area contributed by atoms with E-state index in [0.29, 0.717) is 42.7 Å². The maximum absolute atomic E-state index is 13.6. The first kappa shape index (κ1) is 27.8. The Kier molecular flexibility index (Phi) is 6.92. The normalized spacial score (nSPS) is 25.3. The summed E-state index contributed by atoms with van der Waals surface area (Å²) in [6.45, 7) is 3.17. The van der Waals surface area contributed by atoms with E-state index in [4.69, 9.17) is 4.74 Å². The van der Waals surface area contributed by atoms with Crippen LogP contribution in [0.1, 0.15) is 85.7 Å². The molecule has 2 saturated carbocycles. The van der Waals surface area contributed by atoms with Crippen LogP contribution in [0.2, 0.25) is 0 Å². The fourth-order valence-corrected chi connectivity index (χ4v) is 6.35. The SMILES string of the molecule is C[C@H](NC1CC2(CCc3ccc(C(C4CC4)[C@H](C)C(=O)O)cc3O2)C1)c1cc(C(F)(F)F)ccc1C(F)(F)F. The number of hydrogen-bond acceptors (Lipinski definition) is 3. The lowest BCUT2D eigenvalue weighted by molar-refractivity contribution is -0.142. The Hall–Kier alpha value is -2.75. The number of carbonyl (C=O) groups is 1. The van der Waals surface area contributed by atoms with E-state index in [-0.39, 0.29) is 12.0 Å². The fraction of sp³-hybridized carbons (Fsp3) is 0.552. The lowest BCUT2D eigenvalue weighted by Crippen LogP contribution is -2.58. The minimum absolute atomic E-state index is 0.0961. The van der Waals surface area contributed by atoms with Crippen LogP contribution in [0.3, 0.4) is 0 Å². The molecule has 212 valence electrons. The van der Waals surface area contributed by atoms with Gasteiger partial charge in [0.15, 0.2) is 0 Å². The molecular weight excluding hydrogens is 524 g/mol. The van der Waals surface area contributed by atoms with Gasteiger partial charge in [0.1, 0.15) is 11.4 Å². The summed E-state index contributed by atoms with van der Waals surface area (Å²) in [6.07, 6.45) is -5.02. The number of carboxylic acid groups (broad SMARTS) is 1. The van der Waals surface area contributed by atoms with Gasteiger partial charge in [0, 0.05) is 24.9 Å². The van der Waals surface area contributed by atoms with Gasteiger partial charge in [-0.3, -0.25) is 4.79 Å². The molecule has 2 aromatic rings. The van der Waals surface area contributed by atoms with Crippen molar-refractivity contribution in [3.8, 4) is 5.75 Å². The quantitative estimate of drug-likeness (QED) is 0.347. The van der Waals surface area contributed by atoms with Gasteiger partial charge in [-0.15, -0.1) is 0 Å². The number of alkyl halides is 6. The van der Waals surface area contributed by atoms with E-state index < -0.39 is 52.6 Å². The number of carboxylic acids is 1. The van der Waals surface area contributed by atoms with Gasteiger partial charge in [0.05, 0.1) is 17.0 Å². The van der Waals surface area contributed by atoms with Crippen LogP contribution in [-0.4, -0.2) is 22.7 Å². The molecule has 39 heavy (non-hydrogen) atoms. The summed E-state index contributed by atoms with van der Waals surface area (Å²) in [4.78, 5) is 11.7. The average molecular weight is 556 g/mol. The minimum atomic E-state index is -4.78. The Morgan fingerprint density at radius 3 is 2.31 bits per heavy atom. The molecule has 1 spiro atoms. The van der Waals surface area contributed by atoms with Crippen LogP contribution in [0.25, 0.3) is 0 Å². The summed E-state index contributed by atoms with van der Waals surface area (Å²) < 4.78 is 86.8. The summed E-state index contributed by atoms with van der Waals surface area (Å²) in [5.74, 6) is -0.405. The third kappa shape index (κ3) is 5.62. The molecule has 10 heteroatoms. The number of benzene rings is 2. The third-order valence-electron chi connectivity index (χ3n) is 8.58. The number of halogens is 6. The van der Waals surface area contributed by atoms with Crippen molar-refractivity contribution in [1.82, 2.24) is 5.32 Å². The maximum atomic E-state index is 13.6. The molecule has 0 aromatic heterocycles. The second-order valence-electron chi connectivity index (χ2n) is 11.4. The smallest absolute Gasteiger partial charge is 0.416 e. The van der Waals surface area contributed by atoms with E-state index in [2.05, 4.69) is 5.32 Å². The van der Waals surface area contributed by atoms with E-state index in [9.17, 15) is 36.2 Å². The Bertz CT molecular complexity index is 1250. The first-order valence-electron chi connectivity index (χ1n) is 13.3. The van der Waals surface area contributed by atoms with Gasteiger partial charge in [-0.05, 0) is 85.4 Å². The highest BCUT2D eigenvalue weighted by Gasteiger charge is 2.49. The fourth-order valence-electron chi connectivity index (χ4n) is 6.35. The monoisotopic (exact) mass is 555 g/mol.